The third kappa shape index (κ3) is 2.91. The van der Waals surface area contributed by atoms with E-state index in [0.29, 0.717) is 6.42 Å². The Hall–Kier alpha value is -0.150. The standard InChI is InChI=1S/C12H21FO2/c13-9-5-1-3-7-11(9)15-12-8-4-2-6-10(12)14/h9-12,14H,1-8H2/t9-,10-,11-,12-/m0/s1. The molecule has 0 aromatic heterocycles. The Morgan fingerprint density at radius 1 is 0.867 bits per heavy atom. The quantitative estimate of drug-likeness (QED) is 0.768. The SMILES string of the molecule is O[C@H]1CCCC[C@@H]1O[C@H]1CCCC[C@@H]1F. The molecule has 2 nitrogen and oxygen atoms in total. The number of hydrogen-bond donors (Lipinski definition) is 1. The summed E-state index contributed by atoms with van der Waals surface area (Å²) >= 11 is 0. The Morgan fingerprint density at radius 2 is 1.47 bits per heavy atom. The van der Waals surface area contributed by atoms with Crippen molar-refractivity contribution in [3.63, 3.8) is 0 Å². The lowest BCUT2D eigenvalue weighted by atomic mass is 9.92. The minimum Gasteiger partial charge on any atom is -0.390 e. The zero-order valence-corrected chi connectivity index (χ0v) is 9.20. The molecule has 1 N–H and O–H groups in total. The minimum atomic E-state index is -0.812. The van der Waals surface area contributed by atoms with Crippen LogP contribution in [0.3, 0.4) is 0 Å². The molecular weight excluding hydrogens is 195 g/mol. The van der Waals surface area contributed by atoms with Crippen LogP contribution in [0, 0.1) is 0 Å². The van der Waals surface area contributed by atoms with Crippen LogP contribution in [0.5, 0.6) is 0 Å². The van der Waals surface area contributed by atoms with E-state index in [9.17, 15) is 9.50 Å². The molecule has 15 heavy (non-hydrogen) atoms. The average molecular weight is 216 g/mol. The molecule has 0 heterocycles. The van der Waals surface area contributed by atoms with Gasteiger partial charge < -0.3 is 9.84 Å². The highest BCUT2D eigenvalue weighted by atomic mass is 19.1. The predicted octanol–water partition coefficient (Wildman–Crippen LogP) is 2.59. The zero-order valence-electron chi connectivity index (χ0n) is 9.20. The first-order chi connectivity index (χ1) is 7.27. The van der Waals surface area contributed by atoms with Crippen molar-refractivity contribution in [1.29, 1.82) is 0 Å². The molecule has 0 bridgehead atoms. The van der Waals surface area contributed by atoms with E-state index in [1.54, 1.807) is 0 Å². The maximum absolute atomic E-state index is 13.5. The van der Waals surface area contributed by atoms with Gasteiger partial charge in [-0.2, -0.15) is 0 Å². The van der Waals surface area contributed by atoms with Crippen LogP contribution >= 0.6 is 0 Å². The number of hydrogen-bond acceptors (Lipinski definition) is 2. The second-order valence-electron chi connectivity index (χ2n) is 4.87. The summed E-state index contributed by atoms with van der Waals surface area (Å²) < 4.78 is 19.3. The Morgan fingerprint density at radius 3 is 2.13 bits per heavy atom. The Balaban J connectivity index is 1.83. The van der Waals surface area contributed by atoms with Gasteiger partial charge in [0.2, 0.25) is 0 Å². The largest absolute Gasteiger partial charge is 0.390 e. The van der Waals surface area contributed by atoms with Crippen LogP contribution < -0.4 is 0 Å². The van der Waals surface area contributed by atoms with Crippen molar-refractivity contribution in [1.82, 2.24) is 0 Å². The summed E-state index contributed by atoms with van der Waals surface area (Å²) in [6, 6.07) is 0. The van der Waals surface area contributed by atoms with E-state index in [0.717, 1.165) is 44.9 Å². The van der Waals surface area contributed by atoms with Crippen molar-refractivity contribution in [2.24, 2.45) is 0 Å². The molecule has 0 unspecified atom stereocenters. The first-order valence-electron chi connectivity index (χ1n) is 6.25. The van der Waals surface area contributed by atoms with E-state index in [1.807, 2.05) is 0 Å². The van der Waals surface area contributed by atoms with E-state index in [-0.39, 0.29) is 18.3 Å². The van der Waals surface area contributed by atoms with Crippen LogP contribution in [-0.2, 0) is 4.74 Å². The number of rotatable bonds is 2. The molecule has 0 aromatic carbocycles. The number of aliphatic hydroxyl groups is 1. The van der Waals surface area contributed by atoms with E-state index in [2.05, 4.69) is 0 Å². The molecule has 4 atom stereocenters. The lowest BCUT2D eigenvalue weighted by Gasteiger charge is -2.34. The van der Waals surface area contributed by atoms with Gasteiger partial charge in [-0.25, -0.2) is 4.39 Å². The molecule has 0 spiro atoms. The van der Waals surface area contributed by atoms with Crippen molar-refractivity contribution < 1.29 is 14.2 Å². The lowest BCUT2D eigenvalue weighted by Crippen LogP contribution is -2.40. The fourth-order valence-electron chi connectivity index (χ4n) is 2.67. The van der Waals surface area contributed by atoms with E-state index < -0.39 is 6.17 Å². The van der Waals surface area contributed by atoms with Gasteiger partial charge in [0.05, 0.1) is 18.3 Å². The van der Waals surface area contributed by atoms with Crippen LogP contribution in [0.4, 0.5) is 4.39 Å². The minimum absolute atomic E-state index is 0.111. The van der Waals surface area contributed by atoms with Gasteiger partial charge in [-0.1, -0.05) is 25.7 Å². The highest BCUT2D eigenvalue weighted by Gasteiger charge is 2.31. The molecule has 0 aliphatic heterocycles. The highest BCUT2D eigenvalue weighted by molar-refractivity contribution is 4.81. The van der Waals surface area contributed by atoms with Crippen molar-refractivity contribution in [2.75, 3.05) is 0 Å². The summed E-state index contributed by atoms with van der Waals surface area (Å²) in [5, 5.41) is 9.74. The van der Waals surface area contributed by atoms with Gasteiger partial charge >= 0.3 is 0 Å². The molecule has 0 radical (unpaired) electrons. The third-order valence-electron chi connectivity index (χ3n) is 3.64. The maximum Gasteiger partial charge on any atom is 0.126 e. The van der Waals surface area contributed by atoms with Crippen LogP contribution in [0.1, 0.15) is 51.4 Å². The first-order valence-corrected chi connectivity index (χ1v) is 6.25. The van der Waals surface area contributed by atoms with Gasteiger partial charge in [0.25, 0.3) is 0 Å². The first kappa shape index (κ1) is 11.3. The van der Waals surface area contributed by atoms with Crippen LogP contribution in [0.15, 0.2) is 0 Å². The summed E-state index contributed by atoms with van der Waals surface area (Å²) in [7, 11) is 0. The fraction of sp³-hybridized carbons (Fsp3) is 1.00. The molecule has 2 aliphatic rings. The molecule has 0 aromatic rings. The molecule has 2 rings (SSSR count). The van der Waals surface area contributed by atoms with Crippen LogP contribution in [0.2, 0.25) is 0 Å². The topological polar surface area (TPSA) is 29.5 Å². The van der Waals surface area contributed by atoms with Gasteiger partial charge in [0, 0.05) is 0 Å². The van der Waals surface area contributed by atoms with Crippen molar-refractivity contribution in [2.45, 2.75) is 75.9 Å². The molecule has 2 saturated carbocycles. The number of halogens is 1. The van der Waals surface area contributed by atoms with Gasteiger partial charge in [0.1, 0.15) is 6.17 Å². The predicted molar refractivity (Wildman–Crippen MR) is 56.5 cm³/mol. The normalized spacial score (nSPS) is 42.8. The molecule has 0 amide bonds. The van der Waals surface area contributed by atoms with Gasteiger partial charge in [-0.05, 0) is 25.7 Å². The number of alkyl halides is 1. The molecule has 2 aliphatic carbocycles. The zero-order chi connectivity index (χ0) is 10.7. The lowest BCUT2D eigenvalue weighted by molar-refractivity contribution is -0.124. The smallest absolute Gasteiger partial charge is 0.126 e. The Kier molecular flexibility index (Phi) is 3.98. The second kappa shape index (κ2) is 5.26. The van der Waals surface area contributed by atoms with E-state index >= 15 is 0 Å². The van der Waals surface area contributed by atoms with E-state index in [1.165, 1.54) is 0 Å². The Labute approximate surface area is 90.8 Å². The van der Waals surface area contributed by atoms with Gasteiger partial charge in [-0.15, -0.1) is 0 Å². The van der Waals surface area contributed by atoms with Crippen molar-refractivity contribution in [3.8, 4) is 0 Å². The molecule has 3 heteroatoms. The van der Waals surface area contributed by atoms with Crippen molar-refractivity contribution >= 4 is 0 Å². The van der Waals surface area contributed by atoms with Crippen LogP contribution in [-0.4, -0.2) is 29.6 Å². The summed E-state index contributed by atoms with van der Waals surface area (Å²) in [6.07, 6.45) is 5.84. The maximum atomic E-state index is 13.5. The van der Waals surface area contributed by atoms with Crippen LogP contribution in [0.25, 0.3) is 0 Å². The molecule has 88 valence electrons. The van der Waals surface area contributed by atoms with Gasteiger partial charge in [-0.3, -0.25) is 0 Å². The fourth-order valence-corrected chi connectivity index (χ4v) is 2.67. The van der Waals surface area contributed by atoms with Crippen molar-refractivity contribution in [3.05, 3.63) is 0 Å². The average Bonchev–Trinajstić information content (AvgIpc) is 2.24. The Bertz CT molecular complexity index is 178. The monoisotopic (exact) mass is 216 g/mol. The molecule has 2 fully saturated rings. The van der Waals surface area contributed by atoms with E-state index in [4.69, 9.17) is 4.74 Å². The molecule has 0 saturated heterocycles. The third-order valence-corrected chi connectivity index (χ3v) is 3.64. The number of ether oxygens (including phenoxy) is 1. The second-order valence-corrected chi connectivity index (χ2v) is 4.87. The molecular formula is C12H21FO2. The summed E-state index contributed by atoms with van der Waals surface area (Å²) in [5.74, 6) is 0. The van der Waals surface area contributed by atoms with Gasteiger partial charge in [0.15, 0.2) is 0 Å². The summed E-state index contributed by atoms with van der Waals surface area (Å²) in [4.78, 5) is 0. The summed E-state index contributed by atoms with van der Waals surface area (Å²) in [6.45, 7) is 0. The highest BCUT2D eigenvalue weighted by Crippen LogP contribution is 2.29. The number of aliphatic hydroxyl groups excluding tert-OH is 1. The summed E-state index contributed by atoms with van der Waals surface area (Å²) in [5.41, 5.74) is 0.